The van der Waals surface area contributed by atoms with Crippen LogP contribution in [0.5, 0.6) is 11.5 Å². The highest BCUT2D eigenvalue weighted by Gasteiger charge is 2.12. The van der Waals surface area contributed by atoms with Gasteiger partial charge in [0.25, 0.3) is 0 Å². The van der Waals surface area contributed by atoms with Crippen molar-refractivity contribution in [1.82, 2.24) is 0 Å². The largest absolute Gasteiger partial charge is 0.457 e. The number of amidine groups is 1. The van der Waals surface area contributed by atoms with Crippen molar-refractivity contribution in [2.45, 2.75) is 13.8 Å². The minimum Gasteiger partial charge on any atom is -0.457 e. The van der Waals surface area contributed by atoms with Crippen LogP contribution in [0.2, 0.25) is 5.02 Å². The Hall–Kier alpha value is -1.52. The zero-order valence-electron chi connectivity index (χ0n) is 11.1. The molecule has 0 fully saturated rings. The molecule has 104 valence electrons. The molecule has 2 aromatic rings. The summed E-state index contributed by atoms with van der Waals surface area (Å²) in [6.07, 6.45) is 0. The monoisotopic (exact) mass is 352 g/mol. The highest BCUT2D eigenvalue weighted by molar-refractivity contribution is 9.10. The van der Waals surface area contributed by atoms with Gasteiger partial charge in [-0.15, -0.1) is 0 Å². The molecule has 2 rings (SSSR count). The van der Waals surface area contributed by atoms with Gasteiger partial charge >= 0.3 is 0 Å². The van der Waals surface area contributed by atoms with E-state index in [0.29, 0.717) is 17.1 Å². The molecule has 3 nitrogen and oxygen atoms in total. The smallest absolute Gasteiger partial charge is 0.139 e. The van der Waals surface area contributed by atoms with Crippen molar-refractivity contribution >= 4 is 33.4 Å². The molecule has 0 amide bonds. The number of rotatable bonds is 3. The fourth-order valence-corrected chi connectivity index (χ4v) is 2.61. The molecule has 0 aliphatic carbocycles. The minimum absolute atomic E-state index is 0.0464. The fraction of sp³-hybridized carbons (Fsp3) is 0.133. The molecular weight excluding hydrogens is 340 g/mol. The number of benzene rings is 2. The lowest BCUT2D eigenvalue weighted by atomic mass is 10.1. The number of nitrogen functional groups attached to an aromatic ring is 1. The van der Waals surface area contributed by atoms with Gasteiger partial charge in [0.15, 0.2) is 0 Å². The third kappa shape index (κ3) is 2.97. The first-order chi connectivity index (χ1) is 9.40. The van der Waals surface area contributed by atoms with Gasteiger partial charge in [-0.05, 0) is 65.2 Å². The van der Waals surface area contributed by atoms with Crippen molar-refractivity contribution in [3.8, 4) is 11.5 Å². The van der Waals surface area contributed by atoms with Crippen LogP contribution >= 0.6 is 27.5 Å². The third-order valence-electron chi connectivity index (χ3n) is 2.88. The first kappa shape index (κ1) is 14.9. The number of hydrogen-bond acceptors (Lipinski definition) is 2. The van der Waals surface area contributed by atoms with E-state index in [-0.39, 0.29) is 5.84 Å². The summed E-state index contributed by atoms with van der Waals surface area (Å²) >= 11 is 9.52. The van der Waals surface area contributed by atoms with Crippen LogP contribution in [0.25, 0.3) is 0 Å². The zero-order chi connectivity index (χ0) is 14.9. The Bertz CT molecular complexity index is 663. The zero-order valence-corrected chi connectivity index (χ0v) is 13.5. The SMILES string of the molecule is Cc1cc(Oc2cccc(Br)c2C(=N)N)cc(C)c1Cl. The number of halogens is 2. The Balaban J connectivity index is 2.45. The summed E-state index contributed by atoms with van der Waals surface area (Å²) in [7, 11) is 0. The van der Waals surface area contributed by atoms with E-state index in [1.165, 1.54) is 0 Å². The molecule has 2 aromatic carbocycles. The highest BCUT2D eigenvalue weighted by Crippen LogP contribution is 2.33. The van der Waals surface area contributed by atoms with Gasteiger partial charge in [-0.3, -0.25) is 5.41 Å². The average molecular weight is 354 g/mol. The lowest BCUT2D eigenvalue weighted by Gasteiger charge is -2.13. The summed E-state index contributed by atoms with van der Waals surface area (Å²) < 4.78 is 6.59. The normalized spacial score (nSPS) is 10.4. The average Bonchev–Trinajstić information content (AvgIpc) is 2.35. The van der Waals surface area contributed by atoms with Crippen LogP contribution in [0.15, 0.2) is 34.8 Å². The second-order valence-corrected chi connectivity index (χ2v) is 5.73. The minimum atomic E-state index is -0.0464. The van der Waals surface area contributed by atoms with Gasteiger partial charge in [0.2, 0.25) is 0 Å². The summed E-state index contributed by atoms with van der Waals surface area (Å²) in [5.74, 6) is 1.16. The van der Waals surface area contributed by atoms with E-state index in [4.69, 9.17) is 27.5 Å². The summed E-state index contributed by atoms with van der Waals surface area (Å²) in [4.78, 5) is 0. The summed E-state index contributed by atoms with van der Waals surface area (Å²) in [5.41, 5.74) is 8.04. The van der Waals surface area contributed by atoms with E-state index < -0.39 is 0 Å². The first-order valence-corrected chi connectivity index (χ1v) is 7.14. The molecule has 0 bridgehead atoms. The molecule has 0 saturated heterocycles. The van der Waals surface area contributed by atoms with Gasteiger partial charge in [-0.2, -0.15) is 0 Å². The predicted molar refractivity (Wildman–Crippen MR) is 86.2 cm³/mol. The molecule has 0 radical (unpaired) electrons. The van der Waals surface area contributed by atoms with Crippen molar-refractivity contribution < 1.29 is 4.74 Å². The van der Waals surface area contributed by atoms with E-state index in [9.17, 15) is 0 Å². The van der Waals surface area contributed by atoms with E-state index in [2.05, 4.69) is 15.9 Å². The second-order valence-electron chi connectivity index (χ2n) is 4.50. The topological polar surface area (TPSA) is 59.1 Å². The quantitative estimate of drug-likeness (QED) is 0.615. The van der Waals surface area contributed by atoms with Crippen LogP contribution in [0.1, 0.15) is 16.7 Å². The Morgan fingerprint density at radius 1 is 1.25 bits per heavy atom. The molecule has 0 atom stereocenters. The molecule has 0 saturated carbocycles. The van der Waals surface area contributed by atoms with Gasteiger partial charge in [-0.1, -0.05) is 17.7 Å². The van der Waals surface area contributed by atoms with Gasteiger partial charge < -0.3 is 10.5 Å². The van der Waals surface area contributed by atoms with Gasteiger partial charge in [0, 0.05) is 9.50 Å². The molecule has 0 aromatic heterocycles. The molecule has 0 heterocycles. The van der Waals surface area contributed by atoms with Crippen molar-refractivity contribution in [1.29, 1.82) is 5.41 Å². The molecule has 0 aliphatic heterocycles. The number of nitrogens with one attached hydrogen (secondary N) is 1. The molecular formula is C15H14BrClN2O. The summed E-state index contributed by atoms with van der Waals surface area (Å²) in [6.45, 7) is 3.85. The number of nitrogens with two attached hydrogens (primary N) is 1. The fourth-order valence-electron chi connectivity index (χ4n) is 1.94. The van der Waals surface area contributed by atoms with E-state index in [1.54, 1.807) is 6.07 Å². The maximum Gasteiger partial charge on any atom is 0.139 e. The second kappa shape index (κ2) is 5.85. The molecule has 3 N–H and O–H groups in total. The van der Waals surface area contributed by atoms with Crippen molar-refractivity contribution in [3.63, 3.8) is 0 Å². The van der Waals surface area contributed by atoms with Crippen LogP contribution < -0.4 is 10.5 Å². The molecule has 20 heavy (non-hydrogen) atoms. The van der Waals surface area contributed by atoms with E-state index in [0.717, 1.165) is 20.6 Å². The maximum absolute atomic E-state index is 7.65. The van der Waals surface area contributed by atoms with Crippen LogP contribution in [-0.2, 0) is 0 Å². The van der Waals surface area contributed by atoms with Crippen LogP contribution in [0.3, 0.4) is 0 Å². The van der Waals surface area contributed by atoms with Crippen LogP contribution in [-0.4, -0.2) is 5.84 Å². The molecule has 0 spiro atoms. The van der Waals surface area contributed by atoms with Gasteiger partial charge in [-0.25, -0.2) is 0 Å². The molecule has 0 unspecified atom stereocenters. The number of ether oxygens (including phenoxy) is 1. The molecule has 5 heteroatoms. The van der Waals surface area contributed by atoms with Crippen LogP contribution in [0, 0.1) is 19.3 Å². The van der Waals surface area contributed by atoms with Gasteiger partial charge in [0.1, 0.15) is 17.3 Å². The van der Waals surface area contributed by atoms with Crippen molar-refractivity contribution in [3.05, 3.63) is 56.5 Å². The highest BCUT2D eigenvalue weighted by atomic mass is 79.9. The van der Waals surface area contributed by atoms with E-state index >= 15 is 0 Å². The Morgan fingerprint density at radius 2 is 1.85 bits per heavy atom. The third-order valence-corrected chi connectivity index (χ3v) is 4.14. The van der Waals surface area contributed by atoms with Crippen LogP contribution in [0.4, 0.5) is 0 Å². The standard InChI is InChI=1S/C15H14BrClN2O/c1-8-6-10(7-9(2)14(8)17)20-12-5-3-4-11(16)13(12)15(18)19/h3-7H,1-2H3,(H3,18,19). The van der Waals surface area contributed by atoms with Crippen molar-refractivity contribution in [2.24, 2.45) is 5.73 Å². The summed E-state index contributed by atoms with van der Waals surface area (Å²) in [5, 5.41) is 8.38. The number of hydrogen-bond donors (Lipinski definition) is 2. The predicted octanol–water partition coefficient (Wildman–Crippen LogP) is 4.80. The first-order valence-electron chi connectivity index (χ1n) is 5.97. The lowest BCUT2D eigenvalue weighted by molar-refractivity contribution is 0.480. The van der Waals surface area contributed by atoms with E-state index in [1.807, 2.05) is 38.1 Å². The maximum atomic E-state index is 7.65. The Kier molecular flexibility index (Phi) is 4.35. The Morgan fingerprint density at radius 3 is 2.40 bits per heavy atom. The molecule has 0 aliphatic rings. The summed E-state index contributed by atoms with van der Waals surface area (Å²) in [6, 6.07) is 9.16. The van der Waals surface area contributed by atoms with Gasteiger partial charge in [0.05, 0.1) is 5.56 Å². The lowest BCUT2D eigenvalue weighted by Crippen LogP contribution is -2.13. The Labute approximate surface area is 131 Å². The number of aryl methyl sites for hydroxylation is 2. The van der Waals surface area contributed by atoms with Crippen molar-refractivity contribution in [2.75, 3.05) is 0 Å².